The molecule has 3 saturated heterocycles. The third kappa shape index (κ3) is 4.96. The topological polar surface area (TPSA) is 73.9 Å². The smallest absolute Gasteiger partial charge is 0.404 e. The van der Waals surface area contributed by atoms with Gasteiger partial charge in [0.05, 0.1) is 24.3 Å². The van der Waals surface area contributed by atoms with E-state index in [1.165, 1.54) is 6.07 Å². The van der Waals surface area contributed by atoms with Crippen LogP contribution < -0.4 is 9.64 Å². The Morgan fingerprint density at radius 3 is 2.36 bits per heavy atom. The third-order valence-corrected chi connectivity index (χ3v) is 8.49. The Labute approximate surface area is 240 Å². The Morgan fingerprint density at radius 2 is 1.69 bits per heavy atom. The van der Waals surface area contributed by atoms with E-state index in [0.29, 0.717) is 41.1 Å². The number of hydrogen-bond donors (Lipinski definition) is 1. The van der Waals surface area contributed by atoms with Crippen LogP contribution in [-0.4, -0.2) is 91.6 Å². The van der Waals surface area contributed by atoms with Gasteiger partial charge in [-0.1, -0.05) is 18.2 Å². The second-order valence-electron chi connectivity index (χ2n) is 11.6. The summed E-state index contributed by atoms with van der Waals surface area (Å²) in [6.45, 7) is 5.66. The monoisotopic (exact) mass is 577 g/mol. The molecule has 1 spiro atoms. The normalized spacial score (nSPS) is 18.7. The summed E-state index contributed by atoms with van der Waals surface area (Å²) in [6.07, 6.45) is -1.32. The molecular weight excluding hydrogens is 547 g/mol. The number of aromatic amines is 1. The van der Waals surface area contributed by atoms with Crippen LogP contribution in [0.4, 0.5) is 18.9 Å². The first-order valence-corrected chi connectivity index (χ1v) is 13.9. The predicted octanol–water partition coefficient (Wildman–Crippen LogP) is 5.02. The van der Waals surface area contributed by atoms with Crippen molar-refractivity contribution in [3.05, 3.63) is 66.5 Å². The third-order valence-electron chi connectivity index (χ3n) is 8.49. The minimum atomic E-state index is -4.81. The quantitative estimate of drug-likeness (QED) is 0.359. The first-order chi connectivity index (χ1) is 20.2. The Bertz CT molecular complexity index is 1630. The summed E-state index contributed by atoms with van der Waals surface area (Å²) in [6, 6.07) is 14.3. The highest BCUT2D eigenvalue weighted by Gasteiger charge is 2.50. The van der Waals surface area contributed by atoms with Crippen molar-refractivity contribution >= 4 is 22.6 Å². The molecule has 0 unspecified atom stereocenters. The fourth-order valence-electron chi connectivity index (χ4n) is 6.06. The molecule has 0 radical (unpaired) electrons. The summed E-state index contributed by atoms with van der Waals surface area (Å²) in [5, 5.41) is 0.822. The Balaban J connectivity index is 1.16. The number of fused-ring (bicyclic) bond motifs is 1. The van der Waals surface area contributed by atoms with Gasteiger partial charge in [-0.2, -0.15) is 0 Å². The number of aromatic nitrogens is 2. The minimum absolute atomic E-state index is 0.0128. The number of anilines is 1. The fourth-order valence-corrected chi connectivity index (χ4v) is 6.06. The molecule has 3 aliphatic heterocycles. The number of nitrogens with zero attached hydrogens (tertiary/aromatic N) is 4. The zero-order chi connectivity index (χ0) is 29.1. The van der Waals surface area contributed by atoms with Gasteiger partial charge in [0.1, 0.15) is 5.65 Å². The van der Waals surface area contributed by atoms with Gasteiger partial charge in [-0.15, -0.1) is 13.2 Å². The van der Waals surface area contributed by atoms with Crippen molar-refractivity contribution in [2.24, 2.45) is 5.41 Å². The van der Waals surface area contributed by atoms with E-state index >= 15 is 0 Å². The zero-order valence-electron chi connectivity index (χ0n) is 23.1. The number of ether oxygens (including phenoxy) is 2. The van der Waals surface area contributed by atoms with Gasteiger partial charge >= 0.3 is 6.36 Å². The molecule has 1 N–H and O–H groups in total. The van der Waals surface area contributed by atoms with E-state index in [1.54, 1.807) is 12.3 Å². The van der Waals surface area contributed by atoms with E-state index in [1.807, 2.05) is 59.4 Å². The Hall–Kier alpha value is -4.09. The number of likely N-dealkylation sites (tertiary alicyclic amines) is 1. The molecular formula is C31H30F3N5O3. The number of carbonyl (C=O) groups excluding carboxylic acids is 1. The van der Waals surface area contributed by atoms with Crippen LogP contribution in [0.5, 0.6) is 5.75 Å². The number of rotatable bonds is 5. The largest absolute Gasteiger partial charge is 0.573 e. The Kier molecular flexibility index (Phi) is 6.39. The Morgan fingerprint density at radius 1 is 0.976 bits per heavy atom. The lowest BCUT2D eigenvalue weighted by atomic mass is 9.78. The van der Waals surface area contributed by atoms with Crippen LogP contribution in [0.3, 0.4) is 0 Å². The molecule has 8 nitrogen and oxygen atoms in total. The molecule has 7 rings (SSSR count). The zero-order valence-corrected chi connectivity index (χ0v) is 23.1. The average Bonchev–Trinajstić information content (AvgIpc) is 3.34. The predicted molar refractivity (Wildman–Crippen MR) is 153 cm³/mol. The first kappa shape index (κ1) is 26.8. The molecule has 3 fully saturated rings. The minimum Gasteiger partial charge on any atom is -0.404 e. The van der Waals surface area contributed by atoms with Crippen molar-refractivity contribution in [1.82, 2.24) is 19.8 Å². The lowest BCUT2D eigenvalue weighted by molar-refractivity contribution is -0.274. The van der Waals surface area contributed by atoms with E-state index in [9.17, 15) is 18.0 Å². The number of hydrogen-bond acceptors (Lipinski definition) is 6. The number of nitrogens with one attached hydrogen (secondary N) is 1. The molecule has 3 aliphatic rings. The van der Waals surface area contributed by atoms with Gasteiger partial charge in [0.15, 0.2) is 5.75 Å². The summed E-state index contributed by atoms with van der Waals surface area (Å²) in [5.74, 6) is -0.212. The average molecular weight is 578 g/mol. The molecule has 11 heteroatoms. The maximum Gasteiger partial charge on any atom is 0.573 e. The van der Waals surface area contributed by atoms with Crippen LogP contribution in [0.25, 0.3) is 33.3 Å². The number of likely N-dealkylation sites (N-methyl/N-ethyl adjacent to an activating group) is 1. The summed E-state index contributed by atoms with van der Waals surface area (Å²) in [5.41, 5.74) is 4.88. The standard InChI is InChI=1S/C31H30F3N5O3/c1-37-8-10-38(11-9-37)26-7-6-22(13-27(26)42-31(32,33)34)23-12-24-25(15-36-28(24)35-14-23)20-2-4-21(5-3-20)29(40)39-16-30(17-39)18-41-19-30/h2-7,12-15H,8-11,16-19H2,1H3,(H,35,36). The molecule has 42 heavy (non-hydrogen) atoms. The van der Waals surface area contributed by atoms with E-state index < -0.39 is 6.36 Å². The summed E-state index contributed by atoms with van der Waals surface area (Å²) < 4.78 is 50.0. The van der Waals surface area contributed by atoms with Crippen molar-refractivity contribution in [2.75, 3.05) is 64.4 Å². The molecule has 0 bridgehead atoms. The van der Waals surface area contributed by atoms with Crippen molar-refractivity contribution in [3.8, 4) is 28.0 Å². The lowest BCUT2D eigenvalue weighted by Crippen LogP contribution is -2.67. The number of carbonyl (C=O) groups is 1. The fraction of sp³-hybridized carbons (Fsp3) is 0.355. The number of halogens is 3. The van der Waals surface area contributed by atoms with E-state index in [-0.39, 0.29) is 17.1 Å². The number of piperazine rings is 1. The highest BCUT2D eigenvalue weighted by molar-refractivity contribution is 5.98. The van der Waals surface area contributed by atoms with Gasteiger partial charge in [0.2, 0.25) is 0 Å². The van der Waals surface area contributed by atoms with Crippen molar-refractivity contribution in [2.45, 2.75) is 6.36 Å². The number of alkyl halides is 3. The van der Waals surface area contributed by atoms with Gasteiger partial charge in [0.25, 0.3) is 5.91 Å². The van der Waals surface area contributed by atoms with Crippen molar-refractivity contribution in [3.63, 3.8) is 0 Å². The lowest BCUT2D eigenvalue weighted by Gasteiger charge is -2.54. The van der Waals surface area contributed by atoms with Gasteiger partial charge < -0.3 is 29.2 Å². The summed E-state index contributed by atoms with van der Waals surface area (Å²) in [7, 11) is 1.99. The molecule has 4 aromatic rings. The van der Waals surface area contributed by atoms with Crippen LogP contribution in [-0.2, 0) is 4.74 Å². The highest BCUT2D eigenvalue weighted by atomic mass is 19.4. The summed E-state index contributed by atoms with van der Waals surface area (Å²) >= 11 is 0. The van der Waals surface area contributed by atoms with Gasteiger partial charge in [-0.25, -0.2) is 4.98 Å². The van der Waals surface area contributed by atoms with Crippen LogP contribution in [0.1, 0.15) is 10.4 Å². The van der Waals surface area contributed by atoms with E-state index in [2.05, 4.69) is 19.6 Å². The second-order valence-corrected chi connectivity index (χ2v) is 11.6. The maximum absolute atomic E-state index is 13.4. The van der Waals surface area contributed by atoms with Crippen molar-refractivity contribution in [1.29, 1.82) is 0 Å². The number of pyridine rings is 1. The van der Waals surface area contributed by atoms with Crippen LogP contribution in [0, 0.1) is 5.41 Å². The van der Waals surface area contributed by atoms with Crippen molar-refractivity contribution < 1.29 is 27.4 Å². The molecule has 0 aliphatic carbocycles. The van der Waals surface area contributed by atoms with Crippen LogP contribution in [0.15, 0.2) is 60.9 Å². The number of H-pyrrole nitrogens is 1. The molecule has 5 heterocycles. The molecule has 0 atom stereocenters. The molecule has 1 amide bonds. The van der Waals surface area contributed by atoms with Gasteiger partial charge in [-0.05, 0) is 48.5 Å². The van der Waals surface area contributed by atoms with Gasteiger partial charge in [0, 0.05) is 73.7 Å². The first-order valence-electron chi connectivity index (χ1n) is 13.9. The van der Waals surface area contributed by atoms with Gasteiger partial charge in [-0.3, -0.25) is 4.79 Å². The molecule has 218 valence electrons. The molecule has 2 aromatic carbocycles. The van der Waals surface area contributed by atoms with E-state index in [0.717, 1.165) is 55.9 Å². The summed E-state index contributed by atoms with van der Waals surface area (Å²) in [4.78, 5) is 26.5. The highest BCUT2D eigenvalue weighted by Crippen LogP contribution is 2.40. The number of amides is 1. The molecule has 0 saturated carbocycles. The second kappa shape index (κ2) is 10.0. The maximum atomic E-state index is 13.4. The van der Waals surface area contributed by atoms with Crippen LogP contribution in [0.2, 0.25) is 0 Å². The molecule has 2 aromatic heterocycles. The SMILES string of the molecule is CN1CCN(c2ccc(-c3cnc4[nH]cc(-c5ccc(C(=O)N6CC7(COC7)C6)cc5)c4c3)cc2OC(F)(F)F)CC1. The van der Waals surface area contributed by atoms with E-state index in [4.69, 9.17) is 4.74 Å². The number of benzene rings is 2. The van der Waals surface area contributed by atoms with Crippen LogP contribution >= 0.6 is 0 Å².